The summed E-state index contributed by atoms with van der Waals surface area (Å²) >= 11 is 0. The maximum absolute atomic E-state index is 11.6. The summed E-state index contributed by atoms with van der Waals surface area (Å²) in [5, 5.41) is 7.17. The van der Waals surface area contributed by atoms with Crippen molar-refractivity contribution in [2.45, 2.75) is 26.0 Å². The molecule has 5 heteroatoms. The molecule has 3 rings (SSSR count). The molecule has 2 heterocycles. The highest BCUT2D eigenvalue weighted by molar-refractivity contribution is 5.93. The van der Waals surface area contributed by atoms with Crippen molar-refractivity contribution in [3.8, 4) is 0 Å². The first kappa shape index (κ1) is 11.1. The lowest BCUT2D eigenvalue weighted by atomic mass is 10.2. The van der Waals surface area contributed by atoms with Crippen LogP contribution in [0.5, 0.6) is 0 Å². The van der Waals surface area contributed by atoms with Crippen molar-refractivity contribution in [1.82, 2.24) is 15.1 Å². The van der Waals surface area contributed by atoms with E-state index in [1.807, 2.05) is 12.2 Å². The number of nitrogens with one attached hydrogen (secondary N) is 1. The molecular weight excluding hydrogens is 230 g/mol. The number of hydrogen-bond acceptors (Lipinski definition) is 3. The molecule has 1 aromatic rings. The normalized spacial score (nSPS) is 18.0. The second-order valence-corrected chi connectivity index (χ2v) is 4.39. The number of aromatic nitrogens is 2. The van der Waals surface area contributed by atoms with Crippen molar-refractivity contribution in [3.05, 3.63) is 41.4 Å². The molecule has 0 saturated carbocycles. The zero-order valence-corrected chi connectivity index (χ0v) is 10.1. The van der Waals surface area contributed by atoms with Crippen LogP contribution in [0.1, 0.15) is 29.0 Å². The Kier molecular flexibility index (Phi) is 2.88. The Bertz CT molecular complexity index is 528. The Hall–Kier alpha value is -2.04. The van der Waals surface area contributed by atoms with E-state index in [-0.39, 0.29) is 5.91 Å². The molecule has 0 bridgehead atoms. The Labute approximate surface area is 105 Å². The van der Waals surface area contributed by atoms with Gasteiger partial charge in [-0.25, -0.2) is 0 Å². The van der Waals surface area contributed by atoms with Crippen LogP contribution in [0.3, 0.4) is 0 Å². The lowest BCUT2D eigenvalue weighted by Gasteiger charge is -2.13. The summed E-state index contributed by atoms with van der Waals surface area (Å²) in [6.07, 6.45) is 8.06. The van der Waals surface area contributed by atoms with Gasteiger partial charge in [0.15, 0.2) is 0 Å². The van der Waals surface area contributed by atoms with Crippen LogP contribution < -0.4 is 5.32 Å². The van der Waals surface area contributed by atoms with E-state index >= 15 is 0 Å². The smallest absolute Gasteiger partial charge is 0.269 e. The van der Waals surface area contributed by atoms with E-state index in [1.54, 1.807) is 10.7 Å². The Balaban J connectivity index is 1.68. The number of carbonyl (C=O) groups excluding carboxylic acids is 1. The van der Waals surface area contributed by atoms with Crippen molar-refractivity contribution in [2.24, 2.45) is 0 Å². The fourth-order valence-electron chi connectivity index (χ4n) is 2.13. The Morgan fingerprint density at radius 2 is 2.44 bits per heavy atom. The fourth-order valence-corrected chi connectivity index (χ4v) is 2.13. The van der Waals surface area contributed by atoms with Crippen LogP contribution in [0.4, 0.5) is 0 Å². The number of ether oxygens (including phenoxy) is 1. The van der Waals surface area contributed by atoms with Crippen LogP contribution in [0.25, 0.3) is 0 Å². The second-order valence-electron chi connectivity index (χ2n) is 4.39. The number of amides is 1. The molecule has 0 spiro atoms. The van der Waals surface area contributed by atoms with Crippen molar-refractivity contribution in [1.29, 1.82) is 0 Å². The molecule has 0 aromatic carbocycles. The average Bonchev–Trinajstić information content (AvgIpc) is 2.82. The van der Waals surface area contributed by atoms with Gasteiger partial charge < -0.3 is 10.1 Å². The van der Waals surface area contributed by atoms with Gasteiger partial charge in [-0.15, -0.1) is 0 Å². The lowest BCUT2D eigenvalue weighted by Crippen LogP contribution is -2.35. The molecule has 0 saturated heterocycles. The summed E-state index contributed by atoms with van der Waals surface area (Å²) in [5.74, 6) is 0.924. The summed E-state index contributed by atoms with van der Waals surface area (Å²) in [7, 11) is 0. The highest BCUT2D eigenvalue weighted by Crippen LogP contribution is 2.16. The SMILES string of the molecule is O=C1NCCn2nc(COC3=CC=CCC3)cc21. The standard InChI is InChI=1S/C13H15N3O2/c17-13-12-8-10(15-16(12)7-6-14-13)9-18-11-4-2-1-3-5-11/h1-2,4,8H,3,5-7,9H2,(H,14,17). The molecule has 1 N–H and O–H groups in total. The zero-order valence-electron chi connectivity index (χ0n) is 10.1. The summed E-state index contributed by atoms with van der Waals surface area (Å²) < 4.78 is 7.43. The lowest BCUT2D eigenvalue weighted by molar-refractivity contribution is 0.0924. The number of hydrogen-bond donors (Lipinski definition) is 1. The molecule has 2 aliphatic rings. The minimum absolute atomic E-state index is 0.0557. The van der Waals surface area contributed by atoms with Crippen LogP contribution in [-0.2, 0) is 17.9 Å². The summed E-state index contributed by atoms with van der Waals surface area (Å²) in [6, 6.07) is 1.80. The van der Waals surface area contributed by atoms with Crippen molar-refractivity contribution < 1.29 is 9.53 Å². The molecule has 1 amide bonds. The van der Waals surface area contributed by atoms with Crippen LogP contribution in [-0.4, -0.2) is 22.2 Å². The van der Waals surface area contributed by atoms with E-state index in [0.29, 0.717) is 18.8 Å². The minimum Gasteiger partial charge on any atom is -0.492 e. The molecular formula is C13H15N3O2. The first-order valence-corrected chi connectivity index (χ1v) is 6.16. The summed E-state index contributed by atoms with van der Waals surface area (Å²) in [4.78, 5) is 11.6. The summed E-state index contributed by atoms with van der Waals surface area (Å²) in [6.45, 7) is 1.79. The third-order valence-electron chi connectivity index (χ3n) is 3.05. The van der Waals surface area contributed by atoms with E-state index in [1.165, 1.54) is 0 Å². The van der Waals surface area contributed by atoms with E-state index in [4.69, 9.17) is 4.74 Å². The van der Waals surface area contributed by atoms with Crippen LogP contribution in [0.2, 0.25) is 0 Å². The van der Waals surface area contributed by atoms with Crippen molar-refractivity contribution in [3.63, 3.8) is 0 Å². The predicted octanol–water partition coefficient (Wildman–Crippen LogP) is 1.38. The largest absolute Gasteiger partial charge is 0.492 e. The van der Waals surface area contributed by atoms with Gasteiger partial charge in [0, 0.05) is 13.0 Å². The average molecular weight is 245 g/mol. The van der Waals surface area contributed by atoms with Gasteiger partial charge in [0.2, 0.25) is 0 Å². The number of fused-ring (bicyclic) bond motifs is 1. The molecule has 1 aliphatic carbocycles. The monoisotopic (exact) mass is 245 g/mol. The number of rotatable bonds is 3. The predicted molar refractivity (Wildman–Crippen MR) is 65.8 cm³/mol. The molecule has 5 nitrogen and oxygen atoms in total. The molecule has 1 aliphatic heterocycles. The fraction of sp³-hybridized carbons (Fsp3) is 0.385. The van der Waals surface area contributed by atoms with Gasteiger partial charge in [-0.3, -0.25) is 9.48 Å². The van der Waals surface area contributed by atoms with Gasteiger partial charge in [0.05, 0.1) is 12.3 Å². The quantitative estimate of drug-likeness (QED) is 0.875. The number of carbonyl (C=O) groups is 1. The van der Waals surface area contributed by atoms with E-state index in [9.17, 15) is 4.79 Å². The maximum atomic E-state index is 11.6. The van der Waals surface area contributed by atoms with Crippen molar-refractivity contribution in [2.75, 3.05) is 6.54 Å². The molecule has 18 heavy (non-hydrogen) atoms. The number of allylic oxidation sites excluding steroid dienone is 4. The molecule has 0 unspecified atom stereocenters. The molecule has 94 valence electrons. The third kappa shape index (κ3) is 2.16. The first-order valence-electron chi connectivity index (χ1n) is 6.16. The van der Waals surface area contributed by atoms with Gasteiger partial charge in [-0.2, -0.15) is 5.10 Å². The van der Waals surface area contributed by atoms with E-state index < -0.39 is 0 Å². The topological polar surface area (TPSA) is 56.2 Å². The van der Waals surface area contributed by atoms with Gasteiger partial charge in [-0.05, 0) is 18.6 Å². The minimum atomic E-state index is -0.0557. The molecule has 1 aromatic heterocycles. The maximum Gasteiger partial charge on any atom is 0.269 e. The number of nitrogens with zero attached hydrogens (tertiary/aromatic N) is 2. The van der Waals surface area contributed by atoms with Crippen molar-refractivity contribution >= 4 is 5.91 Å². The van der Waals surface area contributed by atoms with Crippen LogP contribution in [0, 0.1) is 0 Å². The first-order chi connectivity index (χ1) is 8.83. The van der Waals surface area contributed by atoms with Crippen LogP contribution >= 0.6 is 0 Å². The molecule has 0 fully saturated rings. The van der Waals surface area contributed by atoms with Gasteiger partial charge in [0.25, 0.3) is 5.91 Å². The van der Waals surface area contributed by atoms with Crippen LogP contribution in [0.15, 0.2) is 30.1 Å². The second kappa shape index (κ2) is 4.68. The third-order valence-corrected chi connectivity index (χ3v) is 3.05. The molecule has 0 radical (unpaired) electrons. The Morgan fingerprint density at radius 3 is 3.22 bits per heavy atom. The van der Waals surface area contributed by atoms with E-state index in [2.05, 4.69) is 16.5 Å². The van der Waals surface area contributed by atoms with E-state index in [0.717, 1.165) is 30.8 Å². The summed E-state index contributed by atoms with van der Waals surface area (Å²) in [5.41, 5.74) is 1.43. The molecule has 0 atom stereocenters. The van der Waals surface area contributed by atoms with Gasteiger partial charge in [-0.1, -0.05) is 12.2 Å². The highest BCUT2D eigenvalue weighted by Gasteiger charge is 2.19. The highest BCUT2D eigenvalue weighted by atomic mass is 16.5. The Morgan fingerprint density at radius 1 is 1.50 bits per heavy atom. The van der Waals surface area contributed by atoms with Gasteiger partial charge in [0.1, 0.15) is 18.0 Å². The van der Waals surface area contributed by atoms with Gasteiger partial charge >= 0.3 is 0 Å². The zero-order chi connectivity index (χ0) is 12.4.